The molecule has 4 nitrogen and oxygen atoms in total. The third-order valence-electron chi connectivity index (χ3n) is 7.47. The normalized spacial score (nSPS) is 16.1. The molecular weight excluding hydrogens is 522 g/mol. The number of halogens is 3. The van der Waals surface area contributed by atoms with E-state index < -0.39 is 0 Å². The summed E-state index contributed by atoms with van der Waals surface area (Å²) >= 11 is 12.9. The molecule has 3 aromatic rings. The first-order valence-corrected chi connectivity index (χ1v) is 13.9. The maximum absolute atomic E-state index is 12.4. The Morgan fingerprint density at radius 1 is 1.08 bits per heavy atom. The second kappa shape index (κ2) is 12.0. The summed E-state index contributed by atoms with van der Waals surface area (Å²) in [4.78, 5) is 19.5. The zero-order chi connectivity index (χ0) is 26.6. The molecule has 1 aromatic heterocycles. The molecule has 0 radical (unpaired) electrons. The van der Waals surface area contributed by atoms with E-state index in [2.05, 4.69) is 17.0 Å². The molecule has 0 atom stereocenters. The number of likely N-dealkylation sites (tertiary alicyclic amines) is 1. The minimum Gasteiger partial charge on any atom is -0.465 e. The van der Waals surface area contributed by atoms with E-state index in [1.165, 1.54) is 12.7 Å². The van der Waals surface area contributed by atoms with Crippen LogP contribution in [-0.4, -0.2) is 49.3 Å². The Hall–Kier alpha value is -2.73. The van der Waals surface area contributed by atoms with Gasteiger partial charge in [-0.2, -0.15) is 0 Å². The van der Waals surface area contributed by atoms with Crippen molar-refractivity contribution in [3.63, 3.8) is 0 Å². The Labute approximate surface area is 233 Å². The first-order chi connectivity index (χ1) is 18.5. The van der Waals surface area contributed by atoms with E-state index in [1.807, 2.05) is 36.5 Å². The summed E-state index contributed by atoms with van der Waals surface area (Å²) in [5.41, 5.74) is 7.88. The van der Waals surface area contributed by atoms with Crippen LogP contribution < -0.4 is 0 Å². The van der Waals surface area contributed by atoms with Crippen molar-refractivity contribution in [2.75, 3.05) is 33.4 Å². The van der Waals surface area contributed by atoms with Gasteiger partial charge in [-0.1, -0.05) is 41.4 Å². The third-order valence-corrected chi connectivity index (χ3v) is 8.02. The SMILES string of the molecule is COC(=O)c1ccc2c(c1)CCCC(c1ccc(Cl)cc1Cl)=C2c1ccc(CC2CN(CCCF)C2)cn1. The van der Waals surface area contributed by atoms with Gasteiger partial charge < -0.3 is 9.64 Å². The largest absolute Gasteiger partial charge is 0.465 e. The van der Waals surface area contributed by atoms with Crippen molar-refractivity contribution in [3.8, 4) is 0 Å². The van der Waals surface area contributed by atoms with Crippen LogP contribution in [0.4, 0.5) is 4.39 Å². The molecule has 2 aliphatic rings. The van der Waals surface area contributed by atoms with Crippen LogP contribution in [0.1, 0.15) is 57.6 Å². The molecule has 0 amide bonds. The van der Waals surface area contributed by atoms with Gasteiger partial charge in [-0.15, -0.1) is 0 Å². The van der Waals surface area contributed by atoms with E-state index in [0.29, 0.717) is 27.9 Å². The van der Waals surface area contributed by atoms with Crippen molar-refractivity contribution in [1.82, 2.24) is 9.88 Å². The molecule has 0 unspecified atom stereocenters. The summed E-state index contributed by atoms with van der Waals surface area (Å²) in [5.74, 6) is 0.241. The Kier molecular flexibility index (Phi) is 8.47. The van der Waals surface area contributed by atoms with Gasteiger partial charge in [0.1, 0.15) is 0 Å². The molecule has 0 N–H and O–H groups in total. The van der Waals surface area contributed by atoms with Gasteiger partial charge in [0.05, 0.1) is 25.0 Å². The van der Waals surface area contributed by atoms with Gasteiger partial charge >= 0.3 is 5.97 Å². The maximum Gasteiger partial charge on any atom is 0.337 e. The molecule has 0 saturated carbocycles. The van der Waals surface area contributed by atoms with Gasteiger partial charge in [0, 0.05) is 41.4 Å². The Balaban J connectivity index is 1.51. The Bertz CT molecular complexity index is 1350. The topological polar surface area (TPSA) is 42.4 Å². The van der Waals surface area contributed by atoms with Gasteiger partial charge in [0.2, 0.25) is 0 Å². The number of rotatable bonds is 8. The molecule has 0 spiro atoms. The summed E-state index contributed by atoms with van der Waals surface area (Å²) < 4.78 is 17.4. The van der Waals surface area contributed by atoms with Crippen LogP contribution in [0.5, 0.6) is 0 Å². The number of allylic oxidation sites excluding steroid dienone is 1. The smallest absolute Gasteiger partial charge is 0.337 e. The van der Waals surface area contributed by atoms with Gasteiger partial charge in [-0.3, -0.25) is 9.37 Å². The Morgan fingerprint density at radius 3 is 2.61 bits per heavy atom. The first kappa shape index (κ1) is 26.9. The highest BCUT2D eigenvalue weighted by Crippen LogP contribution is 2.42. The highest BCUT2D eigenvalue weighted by molar-refractivity contribution is 6.36. The highest BCUT2D eigenvalue weighted by atomic mass is 35.5. The van der Waals surface area contributed by atoms with Crippen LogP contribution in [0.2, 0.25) is 10.0 Å². The van der Waals surface area contributed by atoms with Gasteiger partial charge in [0.25, 0.3) is 0 Å². The number of pyridine rings is 1. The van der Waals surface area contributed by atoms with Crippen LogP contribution in [-0.2, 0) is 17.6 Å². The Morgan fingerprint density at radius 2 is 1.89 bits per heavy atom. The number of alkyl halides is 1. The summed E-state index contributed by atoms with van der Waals surface area (Å²) in [5, 5.41) is 1.21. The monoisotopic (exact) mass is 552 g/mol. The van der Waals surface area contributed by atoms with Gasteiger partial charge in [-0.25, -0.2) is 4.79 Å². The fraction of sp³-hybridized carbons (Fsp3) is 0.355. The summed E-state index contributed by atoms with van der Waals surface area (Å²) in [7, 11) is 1.40. The highest BCUT2D eigenvalue weighted by Gasteiger charge is 2.27. The van der Waals surface area contributed by atoms with Crippen molar-refractivity contribution in [1.29, 1.82) is 0 Å². The number of hydrogen-bond donors (Lipinski definition) is 0. The van der Waals surface area contributed by atoms with Crippen LogP contribution in [0, 0.1) is 5.92 Å². The van der Waals surface area contributed by atoms with Crippen molar-refractivity contribution in [2.45, 2.75) is 32.1 Å². The zero-order valence-electron chi connectivity index (χ0n) is 21.5. The average Bonchev–Trinajstić information content (AvgIpc) is 3.09. The number of methoxy groups -OCH3 is 1. The summed E-state index contributed by atoms with van der Waals surface area (Å²) in [6.07, 6.45) is 6.11. The molecule has 2 aromatic carbocycles. The number of aryl methyl sites for hydroxylation is 1. The van der Waals surface area contributed by atoms with Crippen molar-refractivity contribution in [2.24, 2.45) is 5.92 Å². The number of ether oxygens (including phenoxy) is 1. The summed E-state index contributed by atoms with van der Waals surface area (Å²) in [6.45, 7) is 2.62. The van der Waals surface area contributed by atoms with Crippen LogP contribution >= 0.6 is 23.2 Å². The number of fused-ring (bicyclic) bond motifs is 1. The second-order valence-electron chi connectivity index (χ2n) is 10.1. The molecule has 1 saturated heterocycles. The lowest BCUT2D eigenvalue weighted by molar-refractivity contribution is 0.0600. The number of esters is 1. The second-order valence-corrected chi connectivity index (χ2v) is 11.0. The molecule has 1 aliphatic carbocycles. The fourth-order valence-corrected chi connectivity index (χ4v) is 6.15. The number of carbonyl (C=O) groups excluding carboxylic acids is 1. The molecule has 2 heterocycles. The molecule has 5 rings (SSSR count). The van der Waals surface area contributed by atoms with Crippen LogP contribution in [0.25, 0.3) is 11.1 Å². The molecule has 38 heavy (non-hydrogen) atoms. The number of benzene rings is 2. The lowest BCUT2D eigenvalue weighted by atomic mass is 9.88. The molecule has 198 valence electrons. The predicted molar refractivity (Wildman–Crippen MR) is 152 cm³/mol. The predicted octanol–water partition coefficient (Wildman–Crippen LogP) is 7.30. The quantitative estimate of drug-likeness (QED) is 0.275. The van der Waals surface area contributed by atoms with E-state index in [1.54, 1.807) is 6.07 Å². The van der Waals surface area contributed by atoms with Crippen molar-refractivity contribution in [3.05, 3.63) is 98.3 Å². The third kappa shape index (κ3) is 5.80. The molecule has 1 fully saturated rings. The number of hydrogen-bond acceptors (Lipinski definition) is 4. The van der Waals surface area contributed by atoms with E-state index in [-0.39, 0.29) is 12.6 Å². The zero-order valence-corrected chi connectivity index (χ0v) is 23.0. The average molecular weight is 554 g/mol. The van der Waals surface area contributed by atoms with Crippen LogP contribution in [0.3, 0.4) is 0 Å². The molecule has 7 heteroatoms. The first-order valence-electron chi connectivity index (χ1n) is 13.1. The minimum atomic E-state index is -0.342. The van der Waals surface area contributed by atoms with Crippen molar-refractivity contribution >= 4 is 40.3 Å². The van der Waals surface area contributed by atoms with Gasteiger partial charge in [0.15, 0.2) is 0 Å². The summed E-state index contributed by atoms with van der Waals surface area (Å²) in [6, 6.07) is 15.6. The van der Waals surface area contributed by atoms with E-state index >= 15 is 0 Å². The lowest BCUT2D eigenvalue weighted by Crippen LogP contribution is -2.47. The van der Waals surface area contributed by atoms with Crippen LogP contribution in [0.15, 0.2) is 54.7 Å². The van der Waals surface area contributed by atoms with E-state index in [9.17, 15) is 9.18 Å². The lowest BCUT2D eigenvalue weighted by Gasteiger charge is -2.39. The molecule has 0 bridgehead atoms. The molecular formula is C31H31Cl2FN2O2. The number of carbonyl (C=O) groups is 1. The standard InChI is InChI=1S/C31H31Cl2FN2O2/c1-38-31(37)23-7-9-25-22(15-23)4-2-5-27(26-10-8-24(32)16-28(26)33)30(25)29-11-6-20(17-35-29)14-21-18-36(19-21)13-3-12-34/h6-11,15-17,21H,2-5,12-14,18-19H2,1H3. The molecule has 1 aliphatic heterocycles. The minimum absolute atomic E-state index is 0.251. The van der Waals surface area contributed by atoms with Crippen molar-refractivity contribution < 1.29 is 13.9 Å². The number of aromatic nitrogens is 1. The van der Waals surface area contributed by atoms with E-state index in [4.69, 9.17) is 32.9 Å². The fourth-order valence-electron chi connectivity index (χ4n) is 5.63. The number of nitrogens with zero attached hydrogens (tertiary/aromatic N) is 2. The maximum atomic E-state index is 12.4. The van der Waals surface area contributed by atoms with Gasteiger partial charge in [-0.05, 0) is 96.2 Å². The van der Waals surface area contributed by atoms with E-state index in [0.717, 1.165) is 78.8 Å².